The molecule has 2 atom stereocenters. The van der Waals surface area contributed by atoms with Crippen LogP contribution in [0.5, 0.6) is 5.75 Å². The van der Waals surface area contributed by atoms with E-state index in [1.54, 1.807) is 48.5 Å². The zero-order chi connectivity index (χ0) is 29.3. The molecule has 0 aliphatic heterocycles. The monoisotopic (exact) mass is 562 g/mol. The van der Waals surface area contributed by atoms with E-state index in [9.17, 15) is 19.5 Å². The van der Waals surface area contributed by atoms with Crippen molar-refractivity contribution in [2.45, 2.75) is 31.3 Å². The molecular weight excluding hydrogens is 528 g/mol. The summed E-state index contributed by atoms with van der Waals surface area (Å²) in [6.45, 7) is 0.934. The molecule has 4 aromatic rings. The summed E-state index contributed by atoms with van der Waals surface area (Å²) >= 11 is 0. The van der Waals surface area contributed by atoms with Crippen LogP contribution in [0, 0.1) is 5.92 Å². The summed E-state index contributed by atoms with van der Waals surface area (Å²) in [4.78, 5) is 38.1. The van der Waals surface area contributed by atoms with Crippen LogP contribution in [0.2, 0.25) is 0 Å². The number of rotatable bonds is 15. The summed E-state index contributed by atoms with van der Waals surface area (Å²) in [7, 11) is 0. The molecule has 4 aromatic carbocycles. The average Bonchev–Trinajstić information content (AvgIpc) is 3.87. The second-order valence-electron chi connectivity index (χ2n) is 10.5. The van der Waals surface area contributed by atoms with Crippen LogP contribution in [0.15, 0.2) is 109 Å². The smallest absolute Gasteiger partial charge is 0.326 e. The molecule has 7 heteroatoms. The lowest BCUT2D eigenvalue weighted by molar-refractivity contribution is -0.137. The van der Waals surface area contributed by atoms with Gasteiger partial charge < -0.3 is 20.5 Å². The van der Waals surface area contributed by atoms with Gasteiger partial charge >= 0.3 is 5.97 Å². The maximum absolute atomic E-state index is 13.1. The Labute approximate surface area is 245 Å². The van der Waals surface area contributed by atoms with Crippen molar-refractivity contribution >= 4 is 23.2 Å². The second-order valence-corrected chi connectivity index (χ2v) is 10.5. The Bertz CT molecular complexity index is 1500. The fraction of sp³-hybridized carbons (Fsp3) is 0.229. The van der Waals surface area contributed by atoms with Crippen LogP contribution in [0.4, 0.5) is 5.69 Å². The van der Waals surface area contributed by atoms with Crippen molar-refractivity contribution in [3.8, 4) is 5.75 Å². The van der Waals surface area contributed by atoms with Crippen molar-refractivity contribution in [2.75, 3.05) is 18.5 Å². The third-order valence-corrected chi connectivity index (χ3v) is 7.37. The van der Waals surface area contributed by atoms with E-state index in [0.29, 0.717) is 41.6 Å². The maximum Gasteiger partial charge on any atom is 0.326 e. The molecule has 7 nitrogen and oxygen atoms in total. The number of hydrogen-bond donors (Lipinski definition) is 3. The first-order valence-electron chi connectivity index (χ1n) is 14.2. The van der Waals surface area contributed by atoms with Crippen molar-refractivity contribution in [1.82, 2.24) is 5.32 Å². The fourth-order valence-corrected chi connectivity index (χ4v) is 4.97. The molecule has 3 N–H and O–H groups in total. The minimum atomic E-state index is -1.02. The number of ketones is 2. The van der Waals surface area contributed by atoms with Gasteiger partial charge in [0, 0.05) is 35.3 Å². The van der Waals surface area contributed by atoms with Gasteiger partial charge in [-0.15, -0.1) is 0 Å². The molecule has 1 aliphatic carbocycles. The average molecular weight is 563 g/mol. The lowest BCUT2D eigenvalue weighted by Crippen LogP contribution is -2.40. The number of carbonyl (C=O) groups is 3. The Balaban J connectivity index is 1.15. The van der Waals surface area contributed by atoms with Gasteiger partial charge in [0.25, 0.3) is 0 Å². The number of aliphatic carboxylic acids is 1. The van der Waals surface area contributed by atoms with Crippen molar-refractivity contribution in [2.24, 2.45) is 5.92 Å². The van der Waals surface area contributed by atoms with E-state index in [1.165, 1.54) is 0 Å². The highest BCUT2D eigenvalue weighted by Crippen LogP contribution is 2.34. The Morgan fingerprint density at radius 3 is 2.05 bits per heavy atom. The Morgan fingerprint density at radius 1 is 0.786 bits per heavy atom. The lowest BCUT2D eigenvalue weighted by Gasteiger charge is -2.19. The van der Waals surface area contributed by atoms with Gasteiger partial charge in [-0.2, -0.15) is 0 Å². The Hall–Kier alpha value is -4.75. The first-order valence-corrected chi connectivity index (χ1v) is 14.2. The number of anilines is 1. The van der Waals surface area contributed by atoms with Crippen LogP contribution in [0.25, 0.3) is 0 Å². The van der Waals surface area contributed by atoms with Gasteiger partial charge in [0.2, 0.25) is 0 Å². The van der Waals surface area contributed by atoms with Crippen molar-refractivity contribution in [1.29, 1.82) is 0 Å². The fourth-order valence-electron chi connectivity index (χ4n) is 4.97. The van der Waals surface area contributed by atoms with Gasteiger partial charge in [0.05, 0.1) is 6.04 Å². The summed E-state index contributed by atoms with van der Waals surface area (Å²) in [6, 6.07) is 31.4. The number of hydrogen-bond acceptors (Lipinski definition) is 6. The summed E-state index contributed by atoms with van der Waals surface area (Å²) in [6.07, 6.45) is 2.33. The zero-order valence-electron chi connectivity index (χ0n) is 23.2. The van der Waals surface area contributed by atoms with E-state index in [4.69, 9.17) is 4.74 Å². The Morgan fingerprint density at radius 2 is 1.40 bits per heavy atom. The number of Topliss-reactive ketones (excluding diaryl/α,β-unsaturated/α-hetero) is 1. The quantitative estimate of drug-likeness (QED) is 0.127. The van der Waals surface area contributed by atoms with Gasteiger partial charge in [-0.1, -0.05) is 84.9 Å². The van der Waals surface area contributed by atoms with E-state index < -0.39 is 12.0 Å². The van der Waals surface area contributed by atoms with Gasteiger partial charge in [0.1, 0.15) is 18.4 Å². The molecule has 5 rings (SSSR count). The molecule has 1 unspecified atom stereocenters. The lowest BCUT2D eigenvalue weighted by atomic mass is 10.00. The highest BCUT2D eigenvalue weighted by molar-refractivity contribution is 6.12. The molecule has 0 bridgehead atoms. The molecule has 1 saturated carbocycles. The van der Waals surface area contributed by atoms with E-state index in [1.807, 2.05) is 60.7 Å². The molecule has 0 heterocycles. The Kier molecular flexibility index (Phi) is 9.41. The van der Waals surface area contributed by atoms with E-state index >= 15 is 0 Å². The molecule has 0 radical (unpaired) electrons. The van der Waals surface area contributed by atoms with Crippen LogP contribution in [0.3, 0.4) is 0 Å². The first-order chi connectivity index (χ1) is 20.5. The summed E-state index contributed by atoms with van der Waals surface area (Å²) in [5.41, 5.74) is 2.96. The summed E-state index contributed by atoms with van der Waals surface area (Å²) in [5.74, 6) is -0.0332. The molecule has 214 valence electrons. The van der Waals surface area contributed by atoms with Crippen LogP contribution >= 0.6 is 0 Å². The van der Waals surface area contributed by atoms with Crippen molar-refractivity contribution < 1.29 is 24.2 Å². The number of carboxylic acids is 1. The number of carboxylic acid groups (broad SMARTS) is 1. The van der Waals surface area contributed by atoms with E-state index in [-0.39, 0.29) is 24.0 Å². The summed E-state index contributed by atoms with van der Waals surface area (Å²) < 4.78 is 5.89. The normalized spacial score (nSPS) is 14.0. The van der Waals surface area contributed by atoms with E-state index in [0.717, 1.165) is 24.0 Å². The number of nitrogens with one attached hydrogen (secondary N) is 2. The van der Waals surface area contributed by atoms with Gasteiger partial charge in [-0.3, -0.25) is 9.59 Å². The molecular formula is C35H34N2O5. The minimum Gasteiger partial charge on any atom is -0.492 e. The molecule has 0 amide bonds. The molecule has 0 saturated heterocycles. The molecule has 0 spiro atoms. The predicted molar refractivity (Wildman–Crippen MR) is 162 cm³/mol. The van der Waals surface area contributed by atoms with Crippen molar-refractivity contribution in [3.63, 3.8) is 0 Å². The van der Waals surface area contributed by atoms with Gasteiger partial charge in [0.15, 0.2) is 11.6 Å². The third-order valence-electron chi connectivity index (χ3n) is 7.37. The maximum atomic E-state index is 13.1. The van der Waals surface area contributed by atoms with Gasteiger partial charge in [-0.05, 0) is 48.6 Å². The molecule has 1 fully saturated rings. The highest BCUT2D eigenvalue weighted by Gasteiger charge is 2.36. The number of para-hydroxylation sites is 1. The largest absolute Gasteiger partial charge is 0.492 e. The molecule has 42 heavy (non-hydrogen) atoms. The first kappa shape index (κ1) is 28.8. The molecule has 0 aromatic heterocycles. The SMILES string of the molecule is O=C(c1ccccc1)c1ccccc1N[C@@H](Cc1ccc(OCCNC(C(=O)c2ccccc2)C2CC2)cc1)C(=O)O. The topological polar surface area (TPSA) is 105 Å². The van der Waals surface area contributed by atoms with Crippen LogP contribution in [-0.4, -0.2) is 47.9 Å². The summed E-state index contributed by atoms with van der Waals surface area (Å²) in [5, 5.41) is 16.4. The molecule has 1 aliphatic rings. The van der Waals surface area contributed by atoms with Gasteiger partial charge in [-0.25, -0.2) is 4.79 Å². The number of carbonyl (C=O) groups excluding carboxylic acids is 2. The number of ether oxygens (including phenoxy) is 1. The second kappa shape index (κ2) is 13.7. The van der Waals surface area contributed by atoms with E-state index in [2.05, 4.69) is 10.6 Å². The predicted octanol–water partition coefficient (Wildman–Crippen LogP) is 5.66. The van der Waals surface area contributed by atoms with Crippen LogP contribution in [-0.2, 0) is 11.2 Å². The van der Waals surface area contributed by atoms with Crippen LogP contribution < -0.4 is 15.4 Å². The highest BCUT2D eigenvalue weighted by atomic mass is 16.5. The number of benzene rings is 4. The third kappa shape index (κ3) is 7.50. The van der Waals surface area contributed by atoms with Crippen LogP contribution in [0.1, 0.15) is 44.7 Å². The minimum absolute atomic E-state index is 0.121. The standard InChI is InChI=1S/C35H34N2O5/c38-33(26-9-3-1-4-10-26)29-13-7-8-14-30(29)37-31(35(40)41)23-24-15-19-28(20-16-24)42-22-21-36-32(25-17-18-25)34(39)27-11-5-2-6-12-27/h1-16,19-20,25,31-32,36-37H,17-18,21-23H2,(H,40,41)/t31-,32?/m0/s1. The zero-order valence-corrected chi connectivity index (χ0v) is 23.2. The van der Waals surface area contributed by atoms with Crippen molar-refractivity contribution in [3.05, 3.63) is 131 Å².